The maximum absolute atomic E-state index is 12.9. The quantitative estimate of drug-likeness (QED) is 0.390. The Balaban J connectivity index is 0.00000338. The third-order valence-electron chi connectivity index (χ3n) is 3.85. The number of nitrogens with one attached hydrogen (secondary N) is 2. The Bertz CT molecular complexity index is 640. The second kappa shape index (κ2) is 9.95. The minimum Gasteiger partial charge on any atom is -0.370 e. The molecule has 1 aliphatic heterocycles. The smallest absolute Gasteiger partial charge is 0.370 e. The summed E-state index contributed by atoms with van der Waals surface area (Å²) in [5, 5.41) is 5.42. The first-order valence-corrected chi connectivity index (χ1v) is 7.80. The lowest BCUT2D eigenvalue weighted by Crippen LogP contribution is -2.50. The summed E-state index contributed by atoms with van der Waals surface area (Å²) in [5.41, 5.74) is -0.242. The van der Waals surface area contributed by atoms with Gasteiger partial charge in [-0.1, -0.05) is 12.1 Å². The summed E-state index contributed by atoms with van der Waals surface area (Å²) in [6, 6.07) is 5.13. The Morgan fingerprint density at radius 3 is 2.77 bits per heavy atom. The molecule has 1 aromatic carbocycles. The fourth-order valence-corrected chi connectivity index (χ4v) is 2.54. The van der Waals surface area contributed by atoms with Crippen LogP contribution < -0.4 is 10.6 Å². The minimum atomic E-state index is -4.39. The fraction of sp³-hybridized carbons (Fsp3) is 0.500. The van der Waals surface area contributed by atoms with E-state index < -0.39 is 17.8 Å². The predicted molar refractivity (Wildman–Crippen MR) is 103 cm³/mol. The maximum atomic E-state index is 12.9. The molecule has 0 bridgehead atoms. The normalized spacial score (nSPS) is 18.1. The van der Waals surface area contributed by atoms with Crippen LogP contribution in [-0.2, 0) is 15.7 Å². The summed E-state index contributed by atoms with van der Waals surface area (Å²) in [5.74, 6) is 0.313. The molecule has 1 amide bonds. The third-order valence-corrected chi connectivity index (χ3v) is 3.85. The van der Waals surface area contributed by atoms with Crippen LogP contribution in [0.1, 0.15) is 17.2 Å². The molecule has 10 heteroatoms. The van der Waals surface area contributed by atoms with Crippen LogP contribution in [0, 0.1) is 0 Å². The number of halogens is 4. The van der Waals surface area contributed by atoms with Crippen LogP contribution in [0.2, 0.25) is 0 Å². The van der Waals surface area contributed by atoms with Crippen molar-refractivity contribution in [1.29, 1.82) is 0 Å². The first kappa shape index (κ1) is 22.5. The first-order valence-electron chi connectivity index (χ1n) is 7.80. The second-order valence-electron chi connectivity index (χ2n) is 5.50. The second-order valence-corrected chi connectivity index (χ2v) is 5.50. The third kappa shape index (κ3) is 6.01. The zero-order chi connectivity index (χ0) is 18.4. The summed E-state index contributed by atoms with van der Waals surface area (Å²) >= 11 is 0. The molecule has 26 heavy (non-hydrogen) atoms. The summed E-state index contributed by atoms with van der Waals surface area (Å²) in [7, 11) is 3.12. The zero-order valence-corrected chi connectivity index (χ0v) is 16.8. The highest BCUT2D eigenvalue weighted by Gasteiger charge is 2.32. The van der Waals surface area contributed by atoms with Crippen LogP contribution in [0.3, 0.4) is 0 Å². The van der Waals surface area contributed by atoms with Gasteiger partial charge >= 0.3 is 6.18 Å². The van der Waals surface area contributed by atoms with Crippen molar-refractivity contribution in [3.05, 3.63) is 35.4 Å². The van der Waals surface area contributed by atoms with Gasteiger partial charge in [0.1, 0.15) is 6.10 Å². The maximum Gasteiger partial charge on any atom is 0.416 e. The number of hydrogen-bond donors (Lipinski definition) is 2. The molecule has 0 radical (unpaired) electrons. The molecule has 6 nitrogen and oxygen atoms in total. The van der Waals surface area contributed by atoms with E-state index in [9.17, 15) is 18.0 Å². The molecule has 1 fully saturated rings. The van der Waals surface area contributed by atoms with Crippen molar-refractivity contribution in [2.24, 2.45) is 4.99 Å². The van der Waals surface area contributed by atoms with Gasteiger partial charge in [-0.2, -0.15) is 13.2 Å². The number of rotatable bonds is 3. The SMILES string of the molecule is CN=C(NCC(=O)NC)N1CCOC(c2cccc(C(F)(F)F)c2)C1.I. The van der Waals surface area contributed by atoms with Crippen molar-refractivity contribution in [2.75, 3.05) is 40.3 Å². The number of guanidine groups is 1. The Hall–Kier alpha value is -1.56. The molecule has 1 unspecified atom stereocenters. The number of aliphatic imine (C=N–C) groups is 1. The zero-order valence-electron chi connectivity index (χ0n) is 14.5. The molecular weight excluding hydrogens is 464 g/mol. The van der Waals surface area contributed by atoms with Crippen molar-refractivity contribution in [3.8, 4) is 0 Å². The molecule has 1 heterocycles. The van der Waals surface area contributed by atoms with Gasteiger partial charge in [-0.25, -0.2) is 0 Å². The monoisotopic (exact) mass is 486 g/mol. The van der Waals surface area contributed by atoms with Gasteiger partial charge < -0.3 is 20.3 Å². The van der Waals surface area contributed by atoms with Gasteiger partial charge in [0.15, 0.2) is 5.96 Å². The Kier molecular flexibility index (Phi) is 8.60. The van der Waals surface area contributed by atoms with Crippen molar-refractivity contribution >= 4 is 35.8 Å². The van der Waals surface area contributed by atoms with E-state index in [1.165, 1.54) is 13.1 Å². The number of amides is 1. The van der Waals surface area contributed by atoms with E-state index >= 15 is 0 Å². The molecule has 0 spiro atoms. The predicted octanol–water partition coefficient (Wildman–Crippen LogP) is 2.02. The van der Waals surface area contributed by atoms with E-state index in [0.29, 0.717) is 31.2 Å². The average molecular weight is 486 g/mol. The molecule has 0 aliphatic carbocycles. The molecule has 2 N–H and O–H groups in total. The molecule has 1 aromatic rings. The average Bonchev–Trinajstić information content (AvgIpc) is 2.61. The van der Waals surface area contributed by atoms with Crippen LogP contribution >= 0.6 is 24.0 Å². The topological polar surface area (TPSA) is 66.0 Å². The number of morpholine rings is 1. The highest BCUT2D eigenvalue weighted by atomic mass is 127. The van der Waals surface area contributed by atoms with Crippen molar-refractivity contribution in [1.82, 2.24) is 15.5 Å². The van der Waals surface area contributed by atoms with Gasteiger partial charge in [0.2, 0.25) is 5.91 Å². The van der Waals surface area contributed by atoms with E-state index in [1.807, 2.05) is 4.90 Å². The summed E-state index contributed by atoms with van der Waals surface area (Å²) in [6.45, 7) is 1.29. The standard InChI is InChI=1S/C16H21F3N4O2.HI/c1-20-14(24)9-22-15(21-2)23-6-7-25-13(10-23)11-4-3-5-12(8-11)16(17,18)19;/h3-5,8,13H,6-7,9-10H2,1-2H3,(H,20,24)(H,21,22);1H. The number of carbonyl (C=O) groups is 1. The van der Waals surface area contributed by atoms with Gasteiger partial charge in [-0.05, 0) is 17.7 Å². The molecular formula is C16H22F3IN4O2. The molecule has 0 saturated carbocycles. The van der Waals surface area contributed by atoms with E-state index in [0.717, 1.165) is 12.1 Å². The number of benzene rings is 1. The molecule has 146 valence electrons. The summed E-state index contributed by atoms with van der Waals surface area (Å²) < 4.78 is 44.3. The lowest BCUT2D eigenvalue weighted by atomic mass is 10.0. The molecule has 1 atom stereocenters. The lowest BCUT2D eigenvalue weighted by Gasteiger charge is -2.35. The van der Waals surface area contributed by atoms with E-state index in [-0.39, 0.29) is 36.4 Å². The number of nitrogens with zero attached hydrogens (tertiary/aromatic N) is 2. The van der Waals surface area contributed by atoms with E-state index in [4.69, 9.17) is 4.74 Å². The number of carbonyl (C=O) groups excluding carboxylic acids is 1. The Morgan fingerprint density at radius 1 is 1.42 bits per heavy atom. The Labute approximate surface area is 167 Å². The fourth-order valence-electron chi connectivity index (χ4n) is 2.54. The molecule has 0 aromatic heterocycles. The van der Waals surface area contributed by atoms with Gasteiger partial charge in [0.25, 0.3) is 0 Å². The molecule has 1 aliphatic rings. The highest BCUT2D eigenvalue weighted by molar-refractivity contribution is 14.0. The number of ether oxygens (including phenoxy) is 1. The van der Waals surface area contributed by atoms with Gasteiger partial charge in [-0.15, -0.1) is 24.0 Å². The van der Waals surface area contributed by atoms with Gasteiger partial charge in [0.05, 0.1) is 25.3 Å². The number of likely N-dealkylation sites (N-methyl/N-ethyl adjacent to an activating group) is 1. The van der Waals surface area contributed by atoms with Crippen LogP contribution in [0.15, 0.2) is 29.3 Å². The number of alkyl halides is 3. The van der Waals surface area contributed by atoms with E-state index in [2.05, 4.69) is 15.6 Å². The van der Waals surface area contributed by atoms with Gasteiger partial charge in [0, 0.05) is 20.6 Å². The van der Waals surface area contributed by atoms with Crippen LogP contribution in [0.4, 0.5) is 13.2 Å². The summed E-state index contributed by atoms with van der Waals surface area (Å²) in [4.78, 5) is 17.3. The molecule has 1 saturated heterocycles. The first-order chi connectivity index (χ1) is 11.8. The van der Waals surface area contributed by atoms with Crippen molar-refractivity contribution < 1.29 is 22.7 Å². The largest absolute Gasteiger partial charge is 0.416 e. The van der Waals surface area contributed by atoms with Crippen molar-refractivity contribution in [2.45, 2.75) is 12.3 Å². The number of hydrogen-bond acceptors (Lipinski definition) is 3. The Morgan fingerprint density at radius 2 is 2.15 bits per heavy atom. The van der Waals surface area contributed by atoms with Crippen LogP contribution in [0.25, 0.3) is 0 Å². The minimum absolute atomic E-state index is 0. The van der Waals surface area contributed by atoms with Crippen LogP contribution in [-0.4, -0.2) is 57.1 Å². The summed E-state index contributed by atoms with van der Waals surface area (Å²) in [6.07, 6.45) is -4.90. The highest BCUT2D eigenvalue weighted by Crippen LogP contribution is 2.32. The molecule has 2 rings (SSSR count). The van der Waals surface area contributed by atoms with E-state index in [1.54, 1.807) is 13.1 Å². The van der Waals surface area contributed by atoms with Gasteiger partial charge in [-0.3, -0.25) is 9.79 Å². The lowest BCUT2D eigenvalue weighted by molar-refractivity contribution is -0.137. The van der Waals surface area contributed by atoms with Crippen LogP contribution in [0.5, 0.6) is 0 Å². The van der Waals surface area contributed by atoms with Crippen molar-refractivity contribution in [3.63, 3.8) is 0 Å².